The lowest BCUT2D eigenvalue weighted by Crippen LogP contribution is -2.68. The Labute approximate surface area is 206 Å². The van der Waals surface area contributed by atoms with Crippen molar-refractivity contribution < 1.29 is 36.1 Å². The first-order valence-corrected chi connectivity index (χ1v) is 13.1. The number of piperazine rings is 1. The van der Waals surface area contributed by atoms with Crippen LogP contribution in [0, 0.1) is 18.6 Å². The van der Waals surface area contributed by atoms with Crippen LogP contribution in [0.25, 0.3) is 0 Å². The summed E-state index contributed by atoms with van der Waals surface area (Å²) in [5.74, 6) is -4.97. The molecule has 3 atom stereocenters. The van der Waals surface area contributed by atoms with Gasteiger partial charge in [0.25, 0.3) is 11.8 Å². The largest absolute Gasteiger partial charge is 0.377 e. The van der Waals surface area contributed by atoms with E-state index in [0.717, 1.165) is 17.0 Å². The predicted octanol–water partition coefficient (Wildman–Crippen LogP) is 2.79. The van der Waals surface area contributed by atoms with Crippen LogP contribution in [0.2, 0.25) is 0 Å². The average molecular weight is 528 g/mol. The molecule has 0 radical (unpaired) electrons. The van der Waals surface area contributed by atoms with E-state index in [4.69, 9.17) is 4.74 Å². The number of carbonyl (C=O) groups excluding carboxylic acids is 2. The van der Waals surface area contributed by atoms with Crippen molar-refractivity contribution in [1.82, 2.24) is 9.21 Å². The minimum Gasteiger partial charge on any atom is -0.377 e. The number of rotatable bonds is 5. The molecule has 36 heavy (non-hydrogen) atoms. The van der Waals surface area contributed by atoms with E-state index in [1.165, 1.54) is 29.6 Å². The van der Waals surface area contributed by atoms with Crippen LogP contribution in [0.5, 0.6) is 0 Å². The number of fused-ring (bicyclic) bond motifs is 2. The molecule has 2 heterocycles. The number of hydrogen-bond acceptors (Lipinski definition) is 4. The van der Waals surface area contributed by atoms with E-state index < -0.39 is 56.7 Å². The fourth-order valence-electron chi connectivity index (χ4n) is 4.38. The SMILES string of the molecule is C=S(C)(=O)N1CC2COCC(C1)N2C(=O)C(F)(F)c1cc(C(=O)Nc2ccc(F)c(C)c2)ccc1F. The third kappa shape index (κ3) is 4.97. The average Bonchev–Trinajstić information content (AvgIpc) is 2.79. The summed E-state index contributed by atoms with van der Waals surface area (Å²) >= 11 is 0. The molecule has 4 rings (SSSR count). The zero-order valence-electron chi connectivity index (χ0n) is 19.6. The molecule has 2 amide bonds. The number of anilines is 1. The molecular formula is C24H25F4N3O4S. The first kappa shape index (κ1) is 26.1. The summed E-state index contributed by atoms with van der Waals surface area (Å²) in [5, 5.41) is 2.44. The van der Waals surface area contributed by atoms with E-state index in [1.807, 2.05) is 0 Å². The second-order valence-electron chi connectivity index (χ2n) is 9.05. The molecule has 3 unspecified atom stereocenters. The molecule has 0 spiro atoms. The van der Waals surface area contributed by atoms with E-state index in [1.54, 1.807) is 0 Å². The van der Waals surface area contributed by atoms with E-state index in [-0.39, 0.29) is 43.1 Å². The Morgan fingerprint density at radius 3 is 2.28 bits per heavy atom. The predicted molar refractivity (Wildman–Crippen MR) is 127 cm³/mol. The van der Waals surface area contributed by atoms with Crippen molar-refractivity contribution in [2.24, 2.45) is 0 Å². The number of aryl methyl sites for hydroxylation is 1. The molecule has 1 N–H and O–H groups in total. The van der Waals surface area contributed by atoms with Gasteiger partial charge in [0.2, 0.25) is 0 Å². The lowest BCUT2D eigenvalue weighted by molar-refractivity contribution is -0.178. The highest BCUT2D eigenvalue weighted by atomic mass is 32.2. The molecule has 7 nitrogen and oxygen atoms in total. The number of halogens is 4. The van der Waals surface area contributed by atoms with Crippen LogP contribution in [0.3, 0.4) is 0 Å². The number of amides is 2. The molecule has 2 aromatic carbocycles. The molecule has 2 fully saturated rings. The Morgan fingerprint density at radius 1 is 1.08 bits per heavy atom. The fourth-order valence-corrected chi connectivity index (χ4v) is 5.36. The molecule has 2 aliphatic heterocycles. The maximum atomic E-state index is 15.5. The van der Waals surface area contributed by atoms with Crippen molar-refractivity contribution >= 4 is 33.1 Å². The number of nitrogens with one attached hydrogen (secondary N) is 1. The van der Waals surface area contributed by atoms with Crippen LogP contribution < -0.4 is 5.32 Å². The minimum atomic E-state index is -4.29. The number of carbonyl (C=O) groups is 2. The summed E-state index contributed by atoms with van der Waals surface area (Å²) in [7, 11) is -2.63. The van der Waals surface area contributed by atoms with Crippen molar-refractivity contribution in [2.45, 2.75) is 24.9 Å². The van der Waals surface area contributed by atoms with Crippen molar-refractivity contribution in [3.8, 4) is 0 Å². The number of ether oxygens (including phenoxy) is 1. The Hall–Kier alpha value is -2.96. The molecule has 2 aliphatic rings. The van der Waals surface area contributed by atoms with Gasteiger partial charge in [0.15, 0.2) is 0 Å². The standard InChI is InChI=1S/C24H25F4N3O4S/c1-14-8-16(5-7-20(14)25)29-22(32)15-4-6-21(26)19(9-15)24(27,28)23(33)31-17-10-30(36(2,3)34)11-18(31)13-35-12-17/h4-9,17-18H,2,10-13H2,1,3H3,(H,29,32). The lowest BCUT2D eigenvalue weighted by Gasteiger charge is -2.50. The number of nitrogens with zero attached hydrogens (tertiary/aromatic N) is 2. The monoisotopic (exact) mass is 527 g/mol. The first-order valence-electron chi connectivity index (χ1n) is 11.0. The van der Waals surface area contributed by atoms with E-state index in [2.05, 4.69) is 11.2 Å². The smallest absolute Gasteiger partial charge is 0.352 e. The van der Waals surface area contributed by atoms with Crippen LogP contribution in [-0.4, -0.2) is 75.7 Å². The Morgan fingerprint density at radius 2 is 1.69 bits per heavy atom. The zero-order valence-corrected chi connectivity index (χ0v) is 20.4. The molecule has 12 heteroatoms. The van der Waals surface area contributed by atoms with Gasteiger partial charge in [-0.25, -0.2) is 13.1 Å². The Balaban J connectivity index is 1.60. The molecule has 0 aliphatic carbocycles. The third-order valence-electron chi connectivity index (χ3n) is 6.27. The number of morpholine rings is 1. The van der Waals surface area contributed by atoms with E-state index in [0.29, 0.717) is 12.1 Å². The lowest BCUT2D eigenvalue weighted by atomic mass is 9.99. The van der Waals surface area contributed by atoms with Crippen molar-refractivity contribution in [1.29, 1.82) is 0 Å². The van der Waals surface area contributed by atoms with E-state index in [9.17, 15) is 22.6 Å². The molecular weight excluding hydrogens is 502 g/mol. The first-order chi connectivity index (χ1) is 16.8. The molecule has 194 valence electrons. The van der Waals surface area contributed by atoms with Gasteiger partial charge in [0.05, 0.1) is 30.9 Å². The van der Waals surface area contributed by atoms with Crippen molar-refractivity contribution in [3.63, 3.8) is 0 Å². The normalized spacial score (nSPS) is 22.1. The number of benzene rings is 2. The van der Waals surface area contributed by atoms with Crippen molar-refractivity contribution in [2.75, 3.05) is 37.9 Å². The Bertz CT molecular complexity index is 1300. The van der Waals surface area contributed by atoms with Gasteiger partial charge in [-0.3, -0.25) is 13.8 Å². The van der Waals surface area contributed by atoms with Gasteiger partial charge in [-0.05, 0) is 54.8 Å². The van der Waals surface area contributed by atoms with Crippen LogP contribution in [0.1, 0.15) is 21.5 Å². The van der Waals surface area contributed by atoms with Gasteiger partial charge >= 0.3 is 5.92 Å². The summed E-state index contributed by atoms with van der Waals surface area (Å²) in [6.07, 6.45) is 1.43. The van der Waals surface area contributed by atoms with Gasteiger partial charge in [0, 0.05) is 40.3 Å². The highest BCUT2D eigenvalue weighted by molar-refractivity contribution is 7.97. The maximum Gasteiger partial charge on any atom is 0.352 e. The van der Waals surface area contributed by atoms with Crippen LogP contribution >= 0.6 is 0 Å². The zero-order chi connectivity index (χ0) is 26.4. The molecule has 2 bridgehead atoms. The highest BCUT2D eigenvalue weighted by Gasteiger charge is 2.52. The van der Waals surface area contributed by atoms with Crippen molar-refractivity contribution in [3.05, 3.63) is 64.7 Å². The second-order valence-corrected chi connectivity index (χ2v) is 11.5. The maximum absolute atomic E-state index is 15.5. The molecule has 0 aromatic heterocycles. The number of hydrogen-bond donors (Lipinski definition) is 1. The molecule has 2 aromatic rings. The van der Waals surface area contributed by atoms with Gasteiger partial charge in [0.1, 0.15) is 11.6 Å². The summed E-state index contributed by atoms with van der Waals surface area (Å²) < 4.78 is 78.4. The van der Waals surface area contributed by atoms with Crippen LogP contribution in [0.15, 0.2) is 36.4 Å². The molecule has 0 saturated carbocycles. The summed E-state index contributed by atoms with van der Waals surface area (Å²) in [4.78, 5) is 26.7. The van der Waals surface area contributed by atoms with Gasteiger partial charge in [-0.1, -0.05) is 0 Å². The fraction of sp³-hybridized carbons (Fsp3) is 0.375. The third-order valence-corrected chi connectivity index (χ3v) is 7.66. The second kappa shape index (κ2) is 9.49. The minimum absolute atomic E-state index is 0.0131. The summed E-state index contributed by atoms with van der Waals surface area (Å²) in [5.41, 5.74) is -1.07. The summed E-state index contributed by atoms with van der Waals surface area (Å²) in [6, 6.07) is 4.48. The van der Waals surface area contributed by atoms with E-state index >= 15 is 8.78 Å². The van der Waals surface area contributed by atoms with Gasteiger partial charge in [-0.15, -0.1) is 0 Å². The van der Waals surface area contributed by atoms with Gasteiger partial charge < -0.3 is 15.0 Å². The van der Waals surface area contributed by atoms with Gasteiger partial charge in [-0.2, -0.15) is 8.78 Å². The number of alkyl halides is 2. The Kier molecular flexibility index (Phi) is 6.88. The topological polar surface area (TPSA) is 79.0 Å². The molecule has 2 saturated heterocycles. The quantitative estimate of drug-likeness (QED) is 0.479. The highest BCUT2D eigenvalue weighted by Crippen LogP contribution is 2.36. The van der Waals surface area contributed by atoms with Crippen LogP contribution in [0.4, 0.5) is 23.2 Å². The summed E-state index contributed by atoms with van der Waals surface area (Å²) in [6.45, 7) is 1.42. The van der Waals surface area contributed by atoms with Crippen LogP contribution in [-0.2, 0) is 25.2 Å².